The van der Waals surface area contributed by atoms with Gasteiger partial charge in [0, 0.05) is 25.3 Å². The van der Waals surface area contributed by atoms with Crippen molar-refractivity contribution in [3.63, 3.8) is 0 Å². The number of sulfone groups is 1. The number of aryl methyl sites for hydroxylation is 1. The molecule has 2 rings (SSSR count). The maximum atomic E-state index is 13.3. The zero-order valence-electron chi connectivity index (χ0n) is 11.7. The van der Waals surface area contributed by atoms with Gasteiger partial charge in [-0.15, -0.1) is 0 Å². The third kappa shape index (κ3) is 3.74. The fourth-order valence-corrected chi connectivity index (χ4v) is 3.61. The first-order chi connectivity index (χ1) is 9.83. The van der Waals surface area contributed by atoms with Gasteiger partial charge in [-0.25, -0.2) is 12.8 Å². The number of benzene rings is 1. The summed E-state index contributed by atoms with van der Waals surface area (Å²) in [5, 5.41) is -0.375. The van der Waals surface area contributed by atoms with Gasteiger partial charge in [0.2, 0.25) is 5.91 Å². The molecule has 0 saturated carbocycles. The van der Waals surface area contributed by atoms with Crippen LogP contribution in [0.25, 0.3) is 0 Å². The minimum atomic E-state index is -3.06. The Kier molecular flexibility index (Phi) is 4.88. The summed E-state index contributed by atoms with van der Waals surface area (Å²) in [6.45, 7) is 2.14. The fraction of sp³-hybridized carbons (Fsp3) is 0.500. The van der Waals surface area contributed by atoms with Crippen molar-refractivity contribution in [1.82, 2.24) is 4.90 Å². The van der Waals surface area contributed by atoms with E-state index in [1.54, 1.807) is 13.0 Å². The van der Waals surface area contributed by atoms with Crippen LogP contribution in [0.1, 0.15) is 18.9 Å². The molecular weight excluding hydrogens is 317 g/mol. The lowest BCUT2D eigenvalue weighted by atomic mass is 10.1. The molecule has 1 saturated heterocycles. The summed E-state index contributed by atoms with van der Waals surface area (Å²) in [4.78, 5) is 13.5. The average Bonchev–Trinajstić information content (AvgIpc) is 2.38. The highest BCUT2D eigenvalue weighted by molar-refractivity contribution is 7.92. The van der Waals surface area contributed by atoms with Gasteiger partial charge in [0.25, 0.3) is 0 Å². The van der Waals surface area contributed by atoms with Gasteiger partial charge >= 0.3 is 0 Å². The van der Waals surface area contributed by atoms with Gasteiger partial charge in [-0.2, -0.15) is 0 Å². The van der Waals surface area contributed by atoms with E-state index < -0.39 is 20.9 Å². The van der Waals surface area contributed by atoms with E-state index in [-0.39, 0.29) is 36.2 Å². The Balaban J connectivity index is 1.83. The Morgan fingerprint density at radius 3 is 2.67 bits per heavy atom. The lowest BCUT2D eigenvalue weighted by Crippen LogP contribution is -2.57. The molecule has 1 fully saturated rings. The van der Waals surface area contributed by atoms with E-state index in [2.05, 4.69) is 0 Å². The number of likely N-dealkylation sites (tertiary alicyclic amines) is 1. The van der Waals surface area contributed by atoms with Crippen molar-refractivity contribution in [2.75, 3.05) is 18.8 Å². The van der Waals surface area contributed by atoms with Crippen molar-refractivity contribution < 1.29 is 17.6 Å². The minimum Gasteiger partial charge on any atom is -0.340 e. The van der Waals surface area contributed by atoms with Crippen molar-refractivity contribution in [3.05, 3.63) is 34.6 Å². The fourth-order valence-electron chi connectivity index (χ4n) is 2.21. The van der Waals surface area contributed by atoms with Crippen LogP contribution in [0.2, 0.25) is 5.02 Å². The normalized spacial score (nSPS) is 15.9. The van der Waals surface area contributed by atoms with Gasteiger partial charge in [0.15, 0.2) is 9.84 Å². The highest BCUT2D eigenvalue weighted by Gasteiger charge is 2.38. The second-order valence-corrected chi connectivity index (χ2v) is 8.10. The molecule has 1 amide bonds. The predicted molar refractivity (Wildman–Crippen MR) is 79.6 cm³/mol. The number of amides is 1. The van der Waals surface area contributed by atoms with Crippen LogP contribution in [0, 0.1) is 5.82 Å². The van der Waals surface area contributed by atoms with Crippen LogP contribution in [0.5, 0.6) is 0 Å². The largest absolute Gasteiger partial charge is 0.340 e. The summed E-state index contributed by atoms with van der Waals surface area (Å²) in [5.41, 5.74) is 0.698. The third-order valence-corrected chi connectivity index (χ3v) is 6.15. The van der Waals surface area contributed by atoms with E-state index >= 15 is 0 Å². The number of hydrogen-bond donors (Lipinski definition) is 0. The second-order valence-electron chi connectivity index (χ2n) is 5.12. The van der Waals surface area contributed by atoms with Gasteiger partial charge in [0.1, 0.15) is 5.82 Å². The van der Waals surface area contributed by atoms with E-state index in [1.165, 1.54) is 17.0 Å². The molecular formula is C14H17ClFNO3S. The first-order valence-corrected chi connectivity index (χ1v) is 8.86. The molecule has 0 unspecified atom stereocenters. The lowest BCUT2D eigenvalue weighted by molar-refractivity contribution is -0.134. The molecule has 116 valence electrons. The SMILES string of the molecule is CCS(=O)(=O)C1CN(C(=O)CCc2ccc(Cl)c(F)c2)C1. The quantitative estimate of drug-likeness (QED) is 0.828. The second kappa shape index (κ2) is 6.32. The van der Waals surface area contributed by atoms with E-state index in [4.69, 9.17) is 11.6 Å². The number of rotatable bonds is 5. The van der Waals surface area contributed by atoms with Crippen LogP contribution in [-0.2, 0) is 21.1 Å². The lowest BCUT2D eigenvalue weighted by Gasteiger charge is -2.38. The maximum absolute atomic E-state index is 13.3. The smallest absolute Gasteiger partial charge is 0.222 e. The number of hydrogen-bond acceptors (Lipinski definition) is 3. The molecule has 7 heteroatoms. The van der Waals surface area contributed by atoms with Crippen LogP contribution in [0.15, 0.2) is 18.2 Å². The Bertz CT molecular complexity index is 642. The van der Waals surface area contributed by atoms with Crippen molar-refractivity contribution in [2.45, 2.75) is 25.0 Å². The summed E-state index contributed by atoms with van der Waals surface area (Å²) in [7, 11) is -3.06. The number of nitrogens with zero attached hydrogens (tertiary/aromatic N) is 1. The highest BCUT2D eigenvalue weighted by Crippen LogP contribution is 2.20. The Morgan fingerprint density at radius 1 is 1.43 bits per heavy atom. The molecule has 1 aliphatic heterocycles. The van der Waals surface area contributed by atoms with Crippen LogP contribution < -0.4 is 0 Å². The standard InChI is InChI=1S/C14H17ClFNO3S/c1-2-21(19,20)11-8-17(9-11)14(18)6-4-10-3-5-12(15)13(16)7-10/h3,5,7,11H,2,4,6,8-9H2,1H3. The predicted octanol–water partition coefficient (Wildman–Crippen LogP) is 2.06. The van der Waals surface area contributed by atoms with E-state index in [9.17, 15) is 17.6 Å². The molecule has 0 radical (unpaired) electrons. The first kappa shape index (κ1) is 16.2. The summed E-state index contributed by atoms with van der Waals surface area (Å²) < 4.78 is 36.5. The molecule has 1 aromatic carbocycles. The molecule has 1 aromatic rings. The molecule has 21 heavy (non-hydrogen) atoms. The minimum absolute atomic E-state index is 0.0560. The van der Waals surface area contributed by atoms with Crippen molar-refractivity contribution in [1.29, 1.82) is 0 Å². The molecule has 0 atom stereocenters. The summed E-state index contributed by atoms with van der Waals surface area (Å²) in [5.74, 6) is -0.503. The summed E-state index contributed by atoms with van der Waals surface area (Å²) >= 11 is 5.59. The summed E-state index contributed by atoms with van der Waals surface area (Å²) in [6, 6.07) is 4.46. The van der Waals surface area contributed by atoms with Crippen molar-refractivity contribution in [2.24, 2.45) is 0 Å². The molecule has 0 spiro atoms. The highest BCUT2D eigenvalue weighted by atomic mass is 35.5. The van der Waals surface area contributed by atoms with E-state index in [1.807, 2.05) is 0 Å². The average molecular weight is 334 g/mol. The van der Waals surface area contributed by atoms with Gasteiger partial charge in [-0.1, -0.05) is 24.6 Å². The maximum Gasteiger partial charge on any atom is 0.222 e. The van der Waals surface area contributed by atoms with Gasteiger partial charge in [0.05, 0.1) is 10.3 Å². The van der Waals surface area contributed by atoms with Gasteiger partial charge < -0.3 is 4.90 Å². The number of carbonyl (C=O) groups excluding carboxylic acids is 1. The molecule has 0 aliphatic carbocycles. The summed E-state index contributed by atoms with van der Waals surface area (Å²) in [6.07, 6.45) is 0.647. The molecule has 0 aromatic heterocycles. The zero-order valence-corrected chi connectivity index (χ0v) is 13.3. The van der Waals surface area contributed by atoms with E-state index in [0.29, 0.717) is 12.0 Å². The Morgan fingerprint density at radius 2 is 2.10 bits per heavy atom. The number of halogens is 2. The molecule has 1 aliphatic rings. The van der Waals surface area contributed by atoms with Crippen molar-refractivity contribution >= 4 is 27.3 Å². The van der Waals surface area contributed by atoms with Gasteiger partial charge in [-0.3, -0.25) is 4.79 Å². The van der Waals surface area contributed by atoms with Crippen LogP contribution >= 0.6 is 11.6 Å². The topological polar surface area (TPSA) is 54.5 Å². The van der Waals surface area contributed by atoms with Crippen molar-refractivity contribution in [3.8, 4) is 0 Å². The third-order valence-electron chi connectivity index (χ3n) is 3.72. The van der Waals surface area contributed by atoms with Crippen LogP contribution in [0.4, 0.5) is 4.39 Å². The van der Waals surface area contributed by atoms with E-state index in [0.717, 1.165) is 0 Å². The molecule has 0 N–H and O–H groups in total. The molecule has 0 bridgehead atoms. The monoisotopic (exact) mass is 333 g/mol. The van der Waals surface area contributed by atoms with Crippen LogP contribution in [0.3, 0.4) is 0 Å². The van der Waals surface area contributed by atoms with Crippen LogP contribution in [-0.4, -0.2) is 43.3 Å². The molecule has 1 heterocycles. The first-order valence-electron chi connectivity index (χ1n) is 6.76. The Labute approximate surface area is 128 Å². The van der Waals surface area contributed by atoms with Gasteiger partial charge in [-0.05, 0) is 24.1 Å². The molecule has 4 nitrogen and oxygen atoms in total. The number of carbonyl (C=O) groups is 1. The Hall–Kier alpha value is -1.14. The zero-order chi connectivity index (χ0) is 15.6.